The first-order valence-corrected chi connectivity index (χ1v) is 29.2. The first kappa shape index (κ1) is 74.3. The maximum atomic E-state index is 13.8. The molecule has 7 amide bonds. The van der Waals surface area contributed by atoms with Crippen LogP contribution in [0.4, 0.5) is 38.0 Å². The number of nitrogens with zero attached hydrogens (tertiary/aromatic N) is 3. The van der Waals surface area contributed by atoms with Gasteiger partial charge in [0.05, 0.1) is 72.7 Å². The number of alkyl halides is 4. The molecule has 7 N–H and O–H groups in total. The van der Waals surface area contributed by atoms with E-state index in [-0.39, 0.29) is 142 Å². The number of amides is 7. The lowest BCUT2D eigenvalue weighted by Gasteiger charge is -2.24. The van der Waals surface area contributed by atoms with Gasteiger partial charge in [0, 0.05) is 81.4 Å². The van der Waals surface area contributed by atoms with Crippen LogP contribution in [0, 0.1) is 0 Å². The van der Waals surface area contributed by atoms with Crippen molar-refractivity contribution in [3.8, 4) is 0 Å². The normalized spacial score (nSPS) is 12.2. The van der Waals surface area contributed by atoms with Crippen LogP contribution in [0.5, 0.6) is 0 Å². The molecule has 3 rings (SSSR count). The first-order valence-electron chi connectivity index (χ1n) is 28.7. The van der Waals surface area contributed by atoms with Gasteiger partial charge in [0.15, 0.2) is 0 Å². The third-order valence-corrected chi connectivity index (χ3v) is 12.3. The molecule has 1 aliphatic rings. The molecule has 0 spiro atoms. The summed E-state index contributed by atoms with van der Waals surface area (Å²) >= 11 is 5.65. The van der Waals surface area contributed by atoms with E-state index < -0.39 is 48.0 Å². The highest BCUT2D eigenvalue weighted by molar-refractivity contribution is 6.17. The average molecular weight is 1260 g/mol. The number of carbonyl (C=O) groups is 7. The Hall–Kier alpha value is -6.93. The van der Waals surface area contributed by atoms with Gasteiger partial charge >= 0.3 is 36.2 Å². The van der Waals surface area contributed by atoms with E-state index in [1.165, 1.54) is 53.5 Å². The van der Waals surface area contributed by atoms with E-state index in [0.29, 0.717) is 75.8 Å². The molecule has 0 radical (unpaired) electrons. The van der Waals surface area contributed by atoms with Crippen LogP contribution in [0.3, 0.4) is 0 Å². The Morgan fingerprint density at radius 2 is 0.954 bits per heavy atom. The first-order chi connectivity index (χ1) is 42.2. The standard InChI is InChI=1S/C56H83ClF3N9O18/c57-21-7-3-4-8-27-78-33-34-79-32-25-64-54(76)87-42-40-83-38-36-81-31-24-63-53(75)85-29-10-9-28-84-52(74)62-23-30-80-35-37-82-39-41-86-51(73)61-22-26-69(43-44-13-17-46(18-14-44)55(67-68-55)56(58,59)60)50(72)45-15-19-47(20-16-45)65-48(70)11-5-1-2-6-12-49(71)66-77/h9-10,13-20,77H,1-8,11-12,21-43H2,(H,61,73)(H,62,74)(H,63,75)(H,64,76)(H,65,70)(H,66,71)/b10-9+. The number of alkyl carbamates (subject to hydrolysis) is 4. The van der Waals surface area contributed by atoms with Crippen LogP contribution in [0.15, 0.2) is 70.9 Å². The lowest BCUT2D eigenvalue weighted by Crippen LogP contribution is -2.38. The zero-order valence-corrected chi connectivity index (χ0v) is 49.6. The summed E-state index contributed by atoms with van der Waals surface area (Å²) in [6.07, 6.45) is 2.78. The van der Waals surface area contributed by atoms with Crippen LogP contribution in [0.1, 0.15) is 85.7 Å². The van der Waals surface area contributed by atoms with Gasteiger partial charge in [-0.15, -0.1) is 21.8 Å². The Morgan fingerprint density at radius 3 is 1.44 bits per heavy atom. The van der Waals surface area contributed by atoms with Crippen LogP contribution in [0.25, 0.3) is 0 Å². The fourth-order valence-electron chi connectivity index (χ4n) is 7.40. The van der Waals surface area contributed by atoms with Crippen LogP contribution in [-0.2, 0) is 69.2 Å². The molecular formula is C56H83ClF3N9O18. The fraction of sp³-hybridized carbons (Fsp3) is 0.625. The summed E-state index contributed by atoms with van der Waals surface area (Å²) in [6.45, 7) is 3.74. The minimum Gasteiger partial charge on any atom is -0.447 e. The van der Waals surface area contributed by atoms with Crippen LogP contribution in [0.2, 0.25) is 0 Å². The van der Waals surface area contributed by atoms with E-state index >= 15 is 0 Å². The van der Waals surface area contributed by atoms with E-state index in [4.69, 9.17) is 64.2 Å². The van der Waals surface area contributed by atoms with Crippen molar-refractivity contribution < 1.29 is 99.3 Å². The molecule has 0 aromatic heterocycles. The molecule has 27 nitrogen and oxygen atoms in total. The van der Waals surface area contributed by atoms with E-state index in [9.17, 15) is 46.7 Å². The van der Waals surface area contributed by atoms with Gasteiger partial charge in [-0.3, -0.25) is 19.6 Å². The Bertz CT molecular complexity index is 2340. The Labute approximate surface area is 508 Å². The quantitative estimate of drug-likeness (QED) is 0.00910. The second kappa shape index (κ2) is 46.3. The number of ether oxygens (including phenoxy) is 10. The zero-order valence-electron chi connectivity index (χ0n) is 48.8. The maximum Gasteiger partial charge on any atom is 0.442 e. The molecule has 0 bridgehead atoms. The number of carbonyl (C=O) groups excluding carboxylic acids is 7. The Balaban J connectivity index is 1.16. The van der Waals surface area contributed by atoms with Crippen molar-refractivity contribution in [3.63, 3.8) is 0 Å². The molecule has 488 valence electrons. The summed E-state index contributed by atoms with van der Waals surface area (Å²) in [4.78, 5) is 86.8. The highest BCUT2D eigenvalue weighted by atomic mass is 35.5. The summed E-state index contributed by atoms with van der Waals surface area (Å²) in [5, 5.41) is 28.0. The Morgan fingerprint density at radius 1 is 0.517 bits per heavy atom. The minimum atomic E-state index is -4.71. The van der Waals surface area contributed by atoms with Gasteiger partial charge in [-0.1, -0.05) is 49.9 Å². The van der Waals surface area contributed by atoms with E-state index in [1.54, 1.807) is 17.6 Å². The van der Waals surface area contributed by atoms with Crippen molar-refractivity contribution in [1.29, 1.82) is 0 Å². The Kier molecular flexibility index (Phi) is 39.5. The number of nitrogens with one attached hydrogen (secondary N) is 6. The molecular weight excluding hydrogens is 1180 g/mol. The molecule has 0 fully saturated rings. The molecule has 0 saturated heterocycles. The van der Waals surface area contributed by atoms with E-state index in [0.717, 1.165) is 25.7 Å². The van der Waals surface area contributed by atoms with Crippen molar-refractivity contribution in [1.82, 2.24) is 31.6 Å². The van der Waals surface area contributed by atoms with Crippen LogP contribution < -0.4 is 32.1 Å². The fourth-order valence-corrected chi connectivity index (χ4v) is 7.59. The molecule has 1 aliphatic heterocycles. The smallest absolute Gasteiger partial charge is 0.442 e. The van der Waals surface area contributed by atoms with Crippen LogP contribution in [-0.4, -0.2) is 203 Å². The summed E-state index contributed by atoms with van der Waals surface area (Å²) in [5.74, 6) is -0.490. The number of benzene rings is 2. The van der Waals surface area contributed by atoms with Gasteiger partial charge in [-0.2, -0.15) is 13.2 Å². The zero-order chi connectivity index (χ0) is 63.1. The SMILES string of the molecule is O=C(CCCCCCC(=O)Nc1ccc(C(=O)N(CCNC(=O)OCCOCCOCCNC(=O)OC/C=C/COC(=O)NCCOCCOCCOC(=O)NCCOCCOCCCCCCCl)Cc2ccc(C3(C(F)(F)F)N=N3)cc2)cc1)NO. The number of hydrogen-bond donors (Lipinski definition) is 7. The lowest BCUT2D eigenvalue weighted by molar-refractivity contribution is -0.166. The average Bonchev–Trinajstić information content (AvgIpc) is 1.67. The van der Waals surface area contributed by atoms with Crippen molar-refractivity contribution in [2.45, 2.75) is 82.6 Å². The third kappa shape index (κ3) is 35.5. The summed E-state index contributed by atoms with van der Waals surface area (Å²) < 4.78 is 93.5. The van der Waals surface area contributed by atoms with Crippen molar-refractivity contribution in [2.75, 3.05) is 150 Å². The van der Waals surface area contributed by atoms with Crippen LogP contribution >= 0.6 is 11.6 Å². The number of hydroxylamine groups is 1. The number of rotatable bonds is 49. The van der Waals surface area contributed by atoms with Gasteiger partial charge in [0.25, 0.3) is 5.91 Å². The molecule has 87 heavy (non-hydrogen) atoms. The van der Waals surface area contributed by atoms with Gasteiger partial charge < -0.3 is 78.9 Å². The maximum absolute atomic E-state index is 13.8. The topological polar surface area (TPSA) is 332 Å². The largest absolute Gasteiger partial charge is 0.447 e. The van der Waals surface area contributed by atoms with E-state index in [1.807, 2.05) is 0 Å². The summed E-state index contributed by atoms with van der Waals surface area (Å²) in [7, 11) is 0. The van der Waals surface area contributed by atoms with Gasteiger partial charge in [-0.05, 0) is 67.7 Å². The lowest BCUT2D eigenvalue weighted by atomic mass is 10.0. The number of halogens is 4. The second-order valence-corrected chi connectivity index (χ2v) is 19.2. The number of unbranched alkanes of at least 4 members (excludes halogenated alkanes) is 6. The molecule has 0 aliphatic carbocycles. The molecule has 2 aromatic carbocycles. The van der Waals surface area contributed by atoms with Crippen molar-refractivity contribution >= 4 is 59.4 Å². The monoisotopic (exact) mass is 1260 g/mol. The van der Waals surface area contributed by atoms with Crippen molar-refractivity contribution in [2.24, 2.45) is 10.2 Å². The molecule has 2 aromatic rings. The molecule has 0 saturated carbocycles. The minimum absolute atomic E-state index is 0.0267. The molecule has 0 unspecified atom stereocenters. The van der Waals surface area contributed by atoms with E-state index in [2.05, 4.69) is 36.8 Å². The summed E-state index contributed by atoms with van der Waals surface area (Å²) in [5.41, 5.74) is -0.0295. The predicted molar refractivity (Wildman–Crippen MR) is 307 cm³/mol. The highest BCUT2D eigenvalue weighted by Crippen LogP contribution is 2.52. The third-order valence-electron chi connectivity index (χ3n) is 12.0. The second-order valence-electron chi connectivity index (χ2n) is 18.8. The number of anilines is 1. The van der Waals surface area contributed by atoms with Crippen molar-refractivity contribution in [3.05, 3.63) is 77.4 Å². The number of hydrogen-bond acceptors (Lipinski definition) is 20. The molecule has 1 heterocycles. The predicted octanol–water partition coefficient (Wildman–Crippen LogP) is 6.65. The van der Waals surface area contributed by atoms with Gasteiger partial charge in [0.2, 0.25) is 11.8 Å². The highest BCUT2D eigenvalue weighted by Gasteiger charge is 2.65. The molecule has 31 heteroatoms. The molecule has 0 atom stereocenters. The summed E-state index contributed by atoms with van der Waals surface area (Å²) in [6, 6.07) is 11.5. The van der Waals surface area contributed by atoms with Gasteiger partial charge in [-0.25, -0.2) is 24.7 Å². The van der Waals surface area contributed by atoms with Gasteiger partial charge in [0.1, 0.15) is 26.4 Å².